The molecule has 0 saturated carbocycles. The number of H-pyrrole nitrogens is 1. The molecule has 0 amide bonds. The molecule has 0 saturated heterocycles. The lowest BCUT2D eigenvalue weighted by Crippen LogP contribution is -2.41. The molecular formula is C25H26ClN5O5. The number of nitrogens with two attached hydrogens (primary N) is 2. The molecule has 1 aromatic heterocycles. The maximum atomic E-state index is 11.8. The Morgan fingerprint density at radius 3 is 2.56 bits per heavy atom. The number of anilines is 3. The van der Waals surface area contributed by atoms with E-state index in [4.69, 9.17) is 16.6 Å². The van der Waals surface area contributed by atoms with E-state index in [1.54, 1.807) is 25.1 Å². The third-order valence-corrected chi connectivity index (χ3v) is 6.09. The molecule has 0 radical (unpaired) electrons. The number of halogens is 1. The Hall–Kier alpha value is -4.02. The molecule has 2 heterocycles. The van der Waals surface area contributed by atoms with Crippen molar-refractivity contribution in [3.63, 3.8) is 0 Å². The molecule has 3 aromatic carbocycles. The molecule has 0 atom stereocenters. The van der Waals surface area contributed by atoms with Gasteiger partial charge in [0.15, 0.2) is 0 Å². The highest BCUT2D eigenvalue weighted by atomic mass is 35.5. The lowest BCUT2D eigenvalue weighted by molar-refractivity contribution is 0.0683. The van der Waals surface area contributed by atoms with Crippen LogP contribution in [0.5, 0.6) is 0 Å². The Labute approximate surface area is 211 Å². The monoisotopic (exact) mass is 511 g/mol. The maximum Gasteiger partial charge on any atom is 0.372 e. The first-order chi connectivity index (χ1) is 16.7. The number of rotatable bonds is 3. The Morgan fingerprint density at radius 2 is 1.89 bits per heavy atom. The van der Waals surface area contributed by atoms with Crippen molar-refractivity contribution in [2.24, 2.45) is 5.73 Å². The Balaban J connectivity index is 0.000000203. The summed E-state index contributed by atoms with van der Waals surface area (Å²) in [6, 6.07) is 11.2. The number of hydrogen-bond donors (Lipinski definition) is 4. The van der Waals surface area contributed by atoms with Gasteiger partial charge in [-0.2, -0.15) is 0 Å². The standard InChI is InChI=1S/C15H17N3O2.C10H8N2O3.ClH/c16-8-9-4-5-10-3-1-2-6-18(11(10)7-9)13-12(17)14(19)15(13)20;1-5-3-2-4-6-7(5)9(13)12-8(11-6)10(14)15;/h4-5,7H,1-3,6,8,16-17H2;2-4H,1H3,(H,14,15)(H,11,12,13);1H. The number of hydrogen-bond acceptors (Lipinski definition) is 8. The molecule has 11 heteroatoms. The molecule has 10 nitrogen and oxygen atoms in total. The van der Waals surface area contributed by atoms with E-state index < -0.39 is 22.4 Å². The first-order valence-corrected chi connectivity index (χ1v) is 11.1. The van der Waals surface area contributed by atoms with Crippen LogP contribution >= 0.6 is 12.4 Å². The highest BCUT2D eigenvalue weighted by molar-refractivity contribution is 5.88. The average Bonchev–Trinajstić information content (AvgIpc) is 3.06. The Bertz CT molecular complexity index is 1570. The Morgan fingerprint density at radius 1 is 1.14 bits per heavy atom. The molecule has 36 heavy (non-hydrogen) atoms. The molecule has 6 N–H and O–H groups in total. The number of nitrogen functional groups attached to an aromatic ring is 1. The van der Waals surface area contributed by atoms with Crippen molar-refractivity contribution >= 4 is 46.3 Å². The van der Waals surface area contributed by atoms with Crippen LogP contribution in [0.15, 0.2) is 50.8 Å². The van der Waals surface area contributed by atoms with Crippen LogP contribution in [0.2, 0.25) is 0 Å². The summed E-state index contributed by atoms with van der Waals surface area (Å²) in [6.07, 6.45) is 2.98. The normalized spacial score (nSPS) is 12.8. The zero-order valence-corrected chi connectivity index (χ0v) is 20.4. The third kappa shape index (κ3) is 4.86. The number of carbonyl (C=O) groups is 1. The zero-order valence-electron chi connectivity index (χ0n) is 19.5. The second-order valence-electron chi connectivity index (χ2n) is 8.39. The number of nitrogens with zero attached hydrogens (tertiary/aromatic N) is 2. The van der Waals surface area contributed by atoms with Gasteiger partial charge in [-0.1, -0.05) is 24.3 Å². The number of aromatic amines is 1. The van der Waals surface area contributed by atoms with Crippen molar-refractivity contribution in [3.8, 4) is 0 Å². The van der Waals surface area contributed by atoms with Gasteiger partial charge < -0.3 is 26.5 Å². The first-order valence-electron chi connectivity index (χ1n) is 11.1. The first kappa shape index (κ1) is 26.6. The highest BCUT2D eigenvalue weighted by Gasteiger charge is 2.27. The number of aromatic carboxylic acids is 1. The predicted molar refractivity (Wildman–Crippen MR) is 141 cm³/mol. The molecule has 1 aliphatic heterocycles. The second-order valence-corrected chi connectivity index (χ2v) is 8.39. The van der Waals surface area contributed by atoms with E-state index in [0.29, 0.717) is 29.7 Å². The highest BCUT2D eigenvalue weighted by Crippen LogP contribution is 2.34. The topological polar surface area (TPSA) is 172 Å². The molecule has 0 fully saturated rings. The number of aromatic nitrogens is 2. The summed E-state index contributed by atoms with van der Waals surface area (Å²) < 4.78 is 0. The van der Waals surface area contributed by atoms with Gasteiger partial charge in [-0.15, -0.1) is 12.4 Å². The van der Waals surface area contributed by atoms with Crippen LogP contribution in [0.4, 0.5) is 17.1 Å². The van der Waals surface area contributed by atoms with E-state index in [0.717, 1.165) is 36.1 Å². The summed E-state index contributed by atoms with van der Waals surface area (Å²) in [5.74, 6) is -1.58. The molecule has 188 valence electrons. The van der Waals surface area contributed by atoms with Crippen LogP contribution in [-0.2, 0) is 13.0 Å². The summed E-state index contributed by atoms with van der Waals surface area (Å²) in [5, 5.41) is 9.14. The van der Waals surface area contributed by atoms with E-state index in [-0.39, 0.29) is 23.9 Å². The minimum Gasteiger partial charge on any atom is -0.475 e. The SMILES string of the molecule is Cc1cccc2nc(C(=O)O)[nH]c(=O)c12.Cl.NCc1ccc2c(c1)N(c1c(N)c(=O)c1=O)CCCC2. The molecule has 0 spiro atoms. The molecular weight excluding hydrogens is 486 g/mol. The minimum absolute atomic E-state index is 0. The van der Waals surface area contributed by atoms with E-state index in [9.17, 15) is 19.2 Å². The summed E-state index contributed by atoms with van der Waals surface area (Å²) in [7, 11) is 0. The minimum atomic E-state index is -1.24. The molecule has 5 rings (SSSR count). The van der Waals surface area contributed by atoms with Gasteiger partial charge in [0, 0.05) is 18.8 Å². The molecule has 0 aliphatic carbocycles. The number of benzene rings is 2. The van der Waals surface area contributed by atoms with Gasteiger partial charge in [0.2, 0.25) is 5.82 Å². The molecule has 0 unspecified atom stereocenters. The second kappa shape index (κ2) is 10.7. The smallest absolute Gasteiger partial charge is 0.372 e. The van der Waals surface area contributed by atoms with Crippen LogP contribution < -0.4 is 32.8 Å². The average molecular weight is 512 g/mol. The van der Waals surface area contributed by atoms with Gasteiger partial charge in [-0.3, -0.25) is 14.4 Å². The van der Waals surface area contributed by atoms with Crippen LogP contribution in [0.25, 0.3) is 10.9 Å². The lowest BCUT2D eigenvalue weighted by atomic mass is 10.0. The predicted octanol–water partition coefficient (Wildman–Crippen LogP) is 2.15. The number of aryl methyl sites for hydroxylation is 2. The van der Waals surface area contributed by atoms with Crippen molar-refractivity contribution in [1.82, 2.24) is 9.97 Å². The maximum absolute atomic E-state index is 11.8. The fraction of sp³-hybridized carbons (Fsp3) is 0.240. The van der Waals surface area contributed by atoms with E-state index in [2.05, 4.69) is 16.0 Å². The number of carboxylic acids is 1. The van der Waals surface area contributed by atoms with Gasteiger partial charge >= 0.3 is 5.97 Å². The third-order valence-electron chi connectivity index (χ3n) is 6.09. The summed E-state index contributed by atoms with van der Waals surface area (Å²) >= 11 is 0. The summed E-state index contributed by atoms with van der Waals surface area (Å²) in [6.45, 7) is 2.93. The number of nitrogens with one attached hydrogen (secondary N) is 1. The number of carboxylic acid groups (broad SMARTS) is 1. The largest absolute Gasteiger partial charge is 0.475 e. The van der Waals surface area contributed by atoms with Crippen LogP contribution in [0.1, 0.15) is 40.2 Å². The quantitative estimate of drug-likeness (QED) is 0.300. The summed E-state index contributed by atoms with van der Waals surface area (Å²) in [4.78, 5) is 53.3. The zero-order chi connectivity index (χ0) is 25.3. The number of fused-ring (bicyclic) bond motifs is 2. The van der Waals surface area contributed by atoms with Crippen LogP contribution in [0, 0.1) is 6.92 Å². The molecule has 4 aromatic rings. The van der Waals surface area contributed by atoms with Crippen molar-refractivity contribution in [2.45, 2.75) is 32.7 Å². The van der Waals surface area contributed by atoms with Gasteiger partial charge in [-0.25, -0.2) is 9.78 Å². The van der Waals surface area contributed by atoms with Crippen molar-refractivity contribution in [3.05, 3.63) is 89.7 Å². The van der Waals surface area contributed by atoms with E-state index in [1.807, 2.05) is 17.0 Å². The lowest BCUT2D eigenvalue weighted by Gasteiger charge is -2.27. The van der Waals surface area contributed by atoms with Gasteiger partial charge in [-0.05, 0) is 55.0 Å². The van der Waals surface area contributed by atoms with Gasteiger partial charge in [0.25, 0.3) is 16.4 Å². The van der Waals surface area contributed by atoms with Crippen LogP contribution in [0.3, 0.4) is 0 Å². The van der Waals surface area contributed by atoms with E-state index >= 15 is 0 Å². The molecule has 0 bridgehead atoms. The van der Waals surface area contributed by atoms with Crippen LogP contribution in [-0.4, -0.2) is 27.6 Å². The fourth-order valence-corrected chi connectivity index (χ4v) is 4.26. The van der Waals surface area contributed by atoms with Crippen molar-refractivity contribution < 1.29 is 9.90 Å². The van der Waals surface area contributed by atoms with Crippen molar-refractivity contribution in [2.75, 3.05) is 17.2 Å². The summed E-state index contributed by atoms with van der Waals surface area (Å²) in [5.41, 5.74) is 14.7. The Kier molecular flexibility index (Phi) is 7.91. The van der Waals surface area contributed by atoms with Gasteiger partial charge in [0.05, 0.1) is 10.9 Å². The fourth-order valence-electron chi connectivity index (χ4n) is 4.26. The van der Waals surface area contributed by atoms with E-state index in [1.165, 1.54) is 5.56 Å². The van der Waals surface area contributed by atoms with Gasteiger partial charge in [0.1, 0.15) is 11.4 Å². The van der Waals surface area contributed by atoms with Crippen molar-refractivity contribution in [1.29, 1.82) is 0 Å². The molecule has 1 aliphatic rings.